The van der Waals surface area contributed by atoms with Crippen LogP contribution in [0.5, 0.6) is 0 Å². The minimum absolute atomic E-state index is 0.153. The average molecular weight is 546 g/mol. The highest BCUT2D eigenvalue weighted by Crippen LogP contribution is 2.53. The first-order valence-corrected chi connectivity index (χ1v) is 12.8. The molecular weight excluding hydrogens is 520 g/mol. The van der Waals surface area contributed by atoms with Crippen molar-refractivity contribution in [2.45, 2.75) is 17.9 Å². The van der Waals surface area contributed by atoms with Crippen LogP contribution in [0, 0.1) is 5.92 Å². The van der Waals surface area contributed by atoms with Crippen molar-refractivity contribution in [2.75, 3.05) is 12.3 Å². The number of hydrogen-bond donors (Lipinski definition) is 2. The number of rotatable bonds is 7. The van der Waals surface area contributed by atoms with E-state index in [4.69, 9.17) is 22.3 Å². The molecule has 5 heteroatoms. The summed E-state index contributed by atoms with van der Waals surface area (Å²) in [6.45, 7) is 0.153. The zero-order valence-corrected chi connectivity index (χ0v) is 21.5. The predicted molar refractivity (Wildman–Crippen MR) is 148 cm³/mol. The maximum atomic E-state index is 9.62. The van der Waals surface area contributed by atoms with Gasteiger partial charge in [0.15, 0.2) is 0 Å². The molecule has 2 unspecified atom stereocenters. The van der Waals surface area contributed by atoms with Crippen LogP contribution in [0.4, 0.5) is 5.69 Å². The number of benzene rings is 4. The van der Waals surface area contributed by atoms with Crippen molar-refractivity contribution in [1.29, 1.82) is 0 Å². The second kappa shape index (κ2) is 9.98. The molecule has 4 aromatic rings. The van der Waals surface area contributed by atoms with Gasteiger partial charge in [-0.15, -0.1) is 0 Å². The summed E-state index contributed by atoms with van der Waals surface area (Å²) in [5.74, 6) is 0.450. The molecule has 4 aromatic carbocycles. The van der Waals surface area contributed by atoms with Crippen LogP contribution in [-0.2, 0) is 5.54 Å². The van der Waals surface area contributed by atoms with Gasteiger partial charge in [-0.05, 0) is 62.5 Å². The lowest BCUT2D eigenvalue weighted by Gasteiger charge is -2.32. The van der Waals surface area contributed by atoms with Crippen LogP contribution >= 0.6 is 27.5 Å². The van der Waals surface area contributed by atoms with Gasteiger partial charge in [0.1, 0.15) is 5.54 Å². The van der Waals surface area contributed by atoms with Crippen LogP contribution in [0.25, 0.3) is 0 Å². The van der Waals surface area contributed by atoms with Crippen molar-refractivity contribution < 1.29 is 5.11 Å². The highest BCUT2D eigenvalue weighted by Gasteiger charge is 2.41. The summed E-state index contributed by atoms with van der Waals surface area (Å²) in [6, 6.07) is 32.7. The number of nitrogens with two attached hydrogens (primary N) is 1. The van der Waals surface area contributed by atoms with Crippen molar-refractivity contribution in [3.8, 4) is 0 Å². The Bertz CT molecular complexity index is 1250. The van der Waals surface area contributed by atoms with Crippen LogP contribution in [0.2, 0.25) is 5.02 Å². The number of hydrogen-bond acceptors (Lipinski definition) is 3. The fourth-order valence-electron chi connectivity index (χ4n) is 4.87. The van der Waals surface area contributed by atoms with Crippen molar-refractivity contribution in [2.24, 2.45) is 10.9 Å². The lowest BCUT2D eigenvalue weighted by molar-refractivity contribution is 0.274. The maximum Gasteiger partial charge on any atom is 0.136 e. The van der Waals surface area contributed by atoms with Gasteiger partial charge in [0, 0.05) is 33.6 Å². The van der Waals surface area contributed by atoms with Gasteiger partial charge in [0.25, 0.3) is 0 Å². The Balaban J connectivity index is 1.73. The second-order valence-corrected chi connectivity index (χ2v) is 10.1. The highest BCUT2D eigenvalue weighted by molar-refractivity contribution is 9.10. The molecule has 0 bridgehead atoms. The van der Waals surface area contributed by atoms with Crippen molar-refractivity contribution in [1.82, 2.24) is 0 Å². The van der Waals surface area contributed by atoms with Gasteiger partial charge < -0.3 is 10.8 Å². The molecule has 35 heavy (non-hydrogen) atoms. The smallest absolute Gasteiger partial charge is 0.136 e. The molecule has 0 radical (unpaired) electrons. The van der Waals surface area contributed by atoms with E-state index in [1.54, 1.807) is 6.07 Å². The van der Waals surface area contributed by atoms with Crippen LogP contribution in [0.1, 0.15) is 40.2 Å². The highest BCUT2D eigenvalue weighted by atomic mass is 79.9. The first-order valence-electron chi connectivity index (χ1n) is 11.7. The van der Waals surface area contributed by atoms with Gasteiger partial charge in [-0.3, -0.25) is 4.99 Å². The van der Waals surface area contributed by atoms with Crippen LogP contribution in [0.15, 0.2) is 107 Å². The SMILES string of the molecule is Nc1cc(Cl)c(C2CC2CO)c(Br)c1C=NC(c1ccccc1)(c1ccccc1)c1ccccc1. The monoisotopic (exact) mass is 544 g/mol. The van der Waals surface area contributed by atoms with E-state index in [2.05, 4.69) is 52.3 Å². The number of halogens is 2. The Morgan fingerprint density at radius 1 is 0.914 bits per heavy atom. The Morgan fingerprint density at radius 3 is 1.83 bits per heavy atom. The molecule has 0 heterocycles. The van der Waals surface area contributed by atoms with E-state index in [-0.39, 0.29) is 18.4 Å². The quantitative estimate of drug-likeness (QED) is 0.147. The Hall–Kier alpha value is -2.92. The van der Waals surface area contributed by atoms with E-state index in [0.29, 0.717) is 10.7 Å². The third kappa shape index (κ3) is 4.42. The molecule has 0 aromatic heterocycles. The minimum atomic E-state index is -0.775. The fourth-order valence-corrected chi connectivity index (χ4v) is 6.17. The Morgan fingerprint density at radius 2 is 1.40 bits per heavy atom. The number of aliphatic imine (C=N–C) groups is 1. The first-order chi connectivity index (χ1) is 17.1. The topological polar surface area (TPSA) is 58.6 Å². The van der Waals surface area contributed by atoms with Crippen molar-refractivity contribution >= 4 is 39.4 Å². The molecule has 1 aliphatic rings. The molecule has 3 nitrogen and oxygen atoms in total. The molecule has 0 aliphatic heterocycles. The number of nitrogen functional groups attached to an aromatic ring is 1. The van der Waals surface area contributed by atoms with E-state index in [9.17, 15) is 5.11 Å². The van der Waals surface area contributed by atoms with Gasteiger partial charge in [-0.2, -0.15) is 0 Å². The van der Waals surface area contributed by atoms with E-state index < -0.39 is 5.54 Å². The molecule has 0 spiro atoms. The molecule has 0 amide bonds. The summed E-state index contributed by atoms with van der Waals surface area (Å²) in [5, 5.41) is 10.2. The fraction of sp³-hybridized carbons (Fsp3) is 0.167. The lowest BCUT2D eigenvalue weighted by atomic mass is 9.77. The Kier molecular flexibility index (Phi) is 6.79. The summed E-state index contributed by atoms with van der Waals surface area (Å²) < 4.78 is 0.843. The average Bonchev–Trinajstić information content (AvgIpc) is 3.67. The zero-order chi connectivity index (χ0) is 24.4. The van der Waals surface area contributed by atoms with E-state index >= 15 is 0 Å². The molecule has 2 atom stereocenters. The minimum Gasteiger partial charge on any atom is -0.398 e. The maximum absolute atomic E-state index is 9.62. The van der Waals surface area contributed by atoms with E-state index in [1.807, 2.05) is 60.8 Å². The summed E-state index contributed by atoms with van der Waals surface area (Å²) in [4.78, 5) is 5.32. The normalized spacial score (nSPS) is 17.6. The molecule has 1 fully saturated rings. The van der Waals surface area contributed by atoms with E-state index in [0.717, 1.165) is 38.7 Å². The van der Waals surface area contributed by atoms with Crippen LogP contribution in [-0.4, -0.2) is 17.9 Å². The molecule has 3 N–H and O–H groups in total. The van der Waals surface area contributed by atoms with Gasteiger partial charge in [-0.25, -0.2) is 0 Å². The number of aliphatic hydroxyl groups excluding tert-OH is 1. The van der Waals surface area contributed by atoms with Gasteiger partial charge >= 0.3 is 0 Å². The third-order valence-corrected chi connectivity index (χ3v) is 7.98. The predicted octanol–water partition coefficient (Wildman–Crippen LogP) is 7.19. The van der Waals surface area contributed by atoms with Crippen LogP contribution < -0.4 is 5.73 Å². The van der Waals surface area contributed by atoms with Gasteiger partial charge in [0.2, 0.25) is 0 Å². The Labute approximate surface area is 219 Å². The standard InChI is InChI=1S/C30H26BrClN2O/c31-29-25(27(33)17-26(32)28(29)24-16-20(24)19-35)18-34-30(21-10-4-1-5-11-21,22-12-6-2-7-13-22)23-14-8-3-9-15-23/h1-15,17-18,20,24,35H,16,19,33H2. The van der Waals surface area contributed by atoms with E-state index in [1.165, 1.54) is 0 Å². The second-order valence-electron chi connectivity index (χ2n) is 8.94. The van der Waals surface area contributed by atoms with Gasteiger partial charge in [-0.1, -0.05) is 103 Å². The summed E-state index contributed by atoms with van der Waals surface area (Å²) in [6.07, 6.45) is 2.78. The van der Waals surface area contributed by atoms with Crippen LogP contribution in [0.3, 0.4) is 0 Å². The summed E-state index contributed by atoms with van der Waals surface area (Å²) in [7, 11) is 0. The number of aliphatic hydroxyl groups is 1. The first kappa shape index (κ1) is 23.8. The third-order valence-electron chi connectivity index (χ3n) is 6.81. The largest absolute Gasteiger partial charge is 0.398 e. The molecule has 1 saturated carbocycles. The van der Waals surface area contributed by atoms with Crippen molar-refractivity contribution in [3.63, 3.8) is 0 Å². The zero-order valence-electron chi connectivity index (χ0n) is 19.1. The summed E-state index contributed by atoms with van der Waals surface area (Å²) >= 11 is 10.4. The molecule has 0 saturated heterocycles. The summed E-state index contributed by atoms with van der Waals surface area (Å²) in [5.41, 5.74) is 11.2. The molecular formula is C30H26BrClN2O. The van der Waals surface area contributed by atoms with Crippen molar-refractivity contribution in [3.05, 3.63) is 134 Å². The molecule has 176 valence electrons. The lowest BCUT2D eigenvalue weighted by Crippen LogP contribution is -2.27. The van der Waals surface area contributed by atoms with Gasteiger partial charge in [0.05, 0.1) is 0 Å². The number of nitrogens with zero attached hydrogens (tertiary/aromatic N) is 1. The molecule has 5 rings (SSSR count). The molecule has 1 aliphatic carbocycles. The number of anilines is 1.